The zero-order chi connectivity index (χ0) is 12.5. The molecule has 0 bridgehead atoms. The maximum absolute atomic E-state index is 10.6. The molecule has 1 fully saturated rings. The molecule has 0 spiro atoms. The molecule has 1 saturated heterocycles. The Bertz CT molecular complexity index is 414. The smallest absolute Gasteiger partial charge is 0.269 e. The van der Waals surface area contributed by atoms with E-state index < -0.39 is 0 Å². The van der Waals surface area contributed by atoms with Crippen molar-refractivity contribution >= 4 is 11.4 Å². The minimum atomic E-state index is -0.382. The Hall–Kier alpha value is -1.62. The maximum atomic E-state index is 10.6. The predicted octanol–water partition coefficient (Wildman–Crippen LogP) is 2.21. The van der Waals surface area contributed by atoms with Crippen molar-refractivity contribution in [3.05, 3.63) is 34.4 Å². The third kappa shape index (κ3) is 2.74. The largest absolute Gasteiger partial charge is 0.372 e. The fraction of sp³-hybridized carbons (Fsp3) is 0.500. The van der Waals surface area contributed by atoms with E-state index in [0.29, 0.717) is 6.61 Å². The van der Waals surface area contributed by atoms with Crippen molar-refractivity contribution in [1.82, 2.24) is 0 Å². The third-order valence-electron chi connectivity index (χ3n) is 2.85. The van der Waals surface area contributed by atoms with E-state index in [2.05, 4.69) is 4.90 Å². The molecule has 0 aliphatic carbocycles. The molecule has 2 rings (SSSR count). The second-order valence-electron chi connectivity index (χ2n) is 4.80. The summed E-state index contributed by atoms with van der Waals surface area (Å²) in [7, 11) is 0. The normalized spacial score (nSPS) is 19.1. The van der Waals surface area contributed by atoms with Gasteiger partial charge in [-0.15, -0.1) is 0 Å². The molecule has 1 aromatic carbocycles. The summed E-state index contributed by atoms with van der Waals surface area (Å²) in [5.74, 6) is 0. The molecule has 5 heteroatoms. The number of non-ortho nitro benzene ring substituents is 1. The molecule has 17 heavy (non-hydrogen) atoms. The van der Waals surface area contributed by atoms with E-state index in [4.69, 9.17) is 4.74 Å². The average Bonchev–Trinajstić information content (AvgIpc) is 2.28. The van der Waals surface area contributed by atoms with Gasteiger partial charge in [0.2, 0.25) is 0 Å². The second-order valence-corrected chi connectivity index (χ2v) is 4.80. The monoisotopic (exact) mass is 236 g/mol. The number of morpholine rings is 1. The number of nitro benzene ring substituents is 1. The molecule has 0 amide bonds. The van der Waals surface area contributed by atoms with Gasteiger partial charge in [0.15, 0.2) is 0 Å². The highest BCUT2D eigenvalue weighted by Gasteiger charge is 2.27. The lowest BCUT2D eigenvalue weighted by Crippen LogP contribution is -2.48. The van der Waals surface area contributed by atoms with Gasteiger partial charge in [-0.25, -0.2) is 0 Å². The topological polar surface area (TPSA) is 55.6 Å². The number of nitro groups is 1. The SMILES string of the molecule is CC1(C)CN(c2ccc([N+](=O)[O-])cc2)CCO1. The van der Waals surface area contributed by atoms with Crippen LogP contribution in [0.2, 0.25) is 0 Å². The lowest BCUT2D eigenvalue weighted by Gasteiger charge is -2.39. The van der Waals surface area contributed by atoms with Gasteiger partial charge in [0.25, 0.3) is 5.69 Å². The van der Waals surface area contributed by atoms with Gasteiger partial charge < -0.3 is 9.64 Å². The van der Waals surface area contributed by atoms with Crippen LogP contribution in [0.4, 0.5) is 11.4 Å². The van der Waals surface area contributed by atoms with Crippen LogP contribution >= 0.6 is 0 Å². The molecule has 0 radical (unpaired) electrons. The summed E-state index contributed by atoms with van der Waals surface area (Å²) in [6.45, 7) is 6.39. The molecule has 0 atom stereocenters. The summed E-state index contributed by atoms with van der Waals surface area (Å²) >= 11 is 0. The fourth-order valence-electron chi connectivity index (χ4n) is 2.02. The van der Waals surface area contributed by atoms with Crippen LogP contribution in [0.15, 0.2) is 24.3 Å². The van der Waals surface area contributed by atoms with Crippen LogP contribution in [-0.2, 0) is 4.74 Å². The quantitative estimate of drug-likeness (QED) is 0.583. The summed E-state index contributed by atoms with van der Waals surface area (Å²) in [5.41, 5.74) is 0.966. The lowest BCUT2D eigenvalue weighted by molar-refractivity contribution is -0.384. The molecular formula is C12H16N2O3. The molecule has 5 nitrogen and oxygen atoms in total. The first-order valence-electron chi connectivity index (χ1n) is 5.61. The Morgan fingerprint density at radius 3 is 2.53 bits per heavy atom. The van der Waals surface area contributed by atoms with E-state index >= 15 is 0 Å². The minimum absolute atomic E-state index is 0.126. The zero-order valence-corrected chi connectivity index (χ0v) is 10.0. The van der Waals surface area contributed by atoms with E-state index in [0.717, 1.165) is 18.8 Å². The van der Waals surface area contributed by atoms with Gasteiger partial charge in [0, 0.05) is 30.9 Å². The Labute approximate surface area is 100 Å². The summed E-state index contributed by atoms with van der Waals surface area (Å²) < 4.78 is 5.63. The molecular weight excluding hydrogens is 220 g/mol. The van der Waals surface area contributed by atoms with Crippen LogP contribution in [0.3, 0.4) is 0 Å². The summed E-state index contributed by atoms with van der Waals surface area (Å²) in [6.07, 6.45) is 0. The highest BCUT2D eigenvalue weighted by Crippen LogP contribution is 2.24. The molecule has 0 unspecified atom stereocenters. The van der Waals surface area contributed by atoms with Crippen molar-refractivity contribution in [1.29, 1.82) is 0 Å². The Balaban J connectivity index is 2.14. The number of hydrogen-bond acceptors (Lipinski definition) is 4. The first-order valence-corrected chi connectivity index (χ1v) is 5.61. The molecule has 0 aromatic heterocycles. The first kappa shape index (κ1) is 11.9. The molecule has 92 valence electrons. The van der Waals surface area contributed by atoms with Gasteiger partial charge in [-0.2, -0.15) is 0 Å². The van der Waals surface area contributed by atoms with Gasteiger partial charge in [0.05, 0.1) is 17.1 Å². The van der Waals surface area contributed by atoms with Crippen molar-refractivity contribution in [2.24, 2.45) is 0 Å². The molecule has 0 saturated carbocycles. The van der Waals surface area contributed by atoms with Gasteiger partial charge in [-0.1, -0.05) is 0 Å². The van der Waals surface area contributed by atoms with Crippen LogP contribution in [0.25, 0.3) is 0 Å². The van der Waals surface area contributed by atoms with Crippen molar-refractivity contribution in [3.8, 4) is 0 Å². The van der Waals surface area contributed by atoms with Gasteiger partial charge in [0.1, 0.15) is 0 Å². The summed E-state index contributed by atoms with van der Waals surface area (Å²) in [5, 5.41) is 10.6. The van der Waals surface area contributed by atoms with Gasteiger partial charge >= 0.3 is 0 Å². The van der Waals surface area contributed by atoms with Crippen LogP contribution in [0.1, 0.15) is 13.8 Å². The Kier molecular flexibility index (Phi) is 3.02. The van der Waals surface area contributed by atoms with Crippen LogP contribution < -0.4 is 4.90 Å². The van der Waals surface area contributed by atoms with E-state index in [1.54, 1.807) is 12.1 Å². The molecule has 1 aliphatic heterocycles. The number of rotatable bonds is 2. The summed E-state index contributed by atoms with van der Waals surface area (Å²) in [4.78, 5) is 12.4. The van der Waals surface area contributed by atoms with Crippen molar-refractivity contribution in [2.75, 3.05) is 24.6 Å². The van der Waals surface area contributed by atoms with Crippen LogP contribution in [0, 0.1) is 10.1 Å². The maximum Gasteiger partial charge on any atom is 0.269 e. The van der Waals surface area contributed by atoms with Gasteiger partial charge in [-0.3, -0.25) is 10.1 Å². The number of benzene rings is 1. The molecule has 1 heterocycles. The van der Waals surface area contributed by atoms with E-state index in [-0.39, 0.29) is 16.2 Å². The number of ether oxygens (including phenoxy) is 1. The lowest BCUT2D eigenvalue weighted by atomic mass is 10.1. The second kappa shape index (κ2) is 4.33. The fourth-order valence-corrected chi connectivity index (χ4v) is 2.02. The minimum Gasteiger partial charge on any atom is -0.372 e. The number of nitrogens with zero attached hydrogens (tertiary/aromatic N) is 2. The number of anilines is 1. The Morgan fingerprint density at radius 1 is 1.35 bits per heavy atom. The van der Waals surface area contributed by atoms with Crippen molar-refractivity contribution in [2.45, 2.75) is 19.4 Å². The van der Waals surface area contributed by atoms with Crippen LogP contribution in [0.5, 0.6) is 0 Å². The summed E-state index contributed by atoms with van der Waals surface area (Å²) in [6, 6.07) is 6.66. The highest BCUT2D eigenvalue weighted by molar-refractivity contribution is 5.51. The van der Waals surface area contributed by atoms with E-state index in [9.17, 15) is 10.1 Å². The average molecular weight is 236 g/mol. The highest BCUT2D eigenvalue weighted by atomic mass is 16.6. The third-order valence-corrected chi connectivity index (χ3v) is 2.85. The predicted molar refractivity (Wildman–Crippen MR) is 65.3 cm³/mol. The van der Waals surface area contributed by atoms with E-state index in [1.807, 2.05) is 13.8 Å². The van der Waals surface area contributed by atoms with Crippen molar-refractivity contribution < 1.29 is 9.66 Å². The standard InChI is InChI=1S/C12H16N2O3/c1-12(2)9-13(7-8-17-12)10-3-5-11(6-4-10)14(15)16/h3-6H,7-9H2,1-2H3. The van der Waals surface area contributed by atoms with E-state index in [1.165, 1.54) is 12.1 Å². The zero-order valence-electron chi connectivity index (χ0n) is 10.0. The van der Waals surface area contributed by atoms with Crippen molar-refractivity contribution in [3.63, 3.8) is 0 Å². The number of hydrogen-bond donors (Lipinski definition) is 0. The Morgan fingerprint density at radius 2 is 2.00 bits per heavy atom. The molecule has 0 N–H and O–H groups in total. The van der Waals surface area contributed by atoms with Gasteiger partial charge in [-0.05, 0) is 26.0 Å². The molecule has 1 aliphatic rings. The van der Waals surface area contributed by atoms with Crippen LogP contribution in [-0.4, -0.2) is 30.2 Å². The molecule has 1 aromatic rings. The first-order chi connectivity index (χ1) is 7.98.